The molecule has 0 radical (unpaired) electrons. The van der Waals surface area contributed by atoms with Crippen molar-refractivity contribution in [1.82, 2.24) is 10.6 Å². The number of rotatable bonds is 5. The predicted octanol–water partition coefficient (Wildman–Crippen LogP) is 1.29. The van der Waals surface area contributed by atoms with Gasteiger partial charge in [-0.3, -0.25) is 24.6 Å². The average molecular weight is 379 g/mol. The molecule has 0 saturated heterocycles. The molecule has 4 amide bonds. The Morgan fingerprint density at radius 2 is 1.92 bits per heavy atom. The van der Waals surface area contributed by atoms with Crippen LogP contribution in [0.5, 0.6) is 0 Å². The highest BCUT2D eigenvalue weighted by Gasteiger charge is 2.28. The molecule has 140 valence electrons. The van der Waals surface area contributed by atoms with Crippen LogP contribution in [-0.2, 0) is 19.1 Å². The lowest BCUT2D eigenvalue weighted by atomic mass is 10.2. The molecular weight excluding hydrogens is 358 g/mol. The van der Waals surface area contributed by atoms with Gasteiger partial charge in [-0.1, -0.05) is 12.1 Å². The van der Waals surface area contributed by atoms with E-state index in [1.807, 2.05) is 12.1 Å². The summed E-state index contributed by atoms with van der Waals surface area (Å²) in [6.07, 6.45) is -1.16. The minimum atomic E-state index is -1.16. The summed E-state index contributed by atoms with van der Waals surface area (Å²) >= 11 is 1.41. The number of para-hydroxylation sites is 1. The highest BCUT2D eigenvalue weighted by Crippen LogP contribution is 2.34. The summed E-state index contributed by atoms with van der Waals surface area (Å²) in [7, 11) is 0. The number of nitrogens with zero attached hydrogens (tertiary/aromatic N) is 1. The van der Waals surface area contributed by atoms with Gasteiger partial charge in [0.25, 0.3) is 5.91 Å². The number of imide groups is 1. The number of thioether (sulfide) groups is 1. The van der Waals surface area contributed by atoms with Crippen LogP contribution < -0.4 is 15.5 Å². The molecule has 0 aliphatic carbocycles. The quantitative estimate of drug-likeness (QED) is 0.747. The van der Waals surface area contributed by atoms with Crippen LogP contribution in [0.1, 0.15) is 20.8 Å². The van der Waals surface area contributed by atoms with Crippen molar-refractivity contribution < 1.29 is 23.9 Å². The van der Waals surface area contributed by atoms with Crippen LogP contribution in [0, 0.1) is 0 Å². The maximum atomic E-state index is 12.1. The van der Waals surface area contributed by atoms with Gasteiger partial charge in [-0.05, 0) is 32.9 Å². The summed E-state index contributed by atoms with van der Waals surface area (Å²) in [6.45, 7) is 4.56. The third kappa shape index (κ3) is 5.22. The monoisotopic (exact) mass is 379 g/mol. The van der Waals surface area contributed by atoms with E-state index in [-0.39, 0.29) is 24.2 Å². The first-order valence-corrected chi connectivity index (χ1v) is 9.09. The molecule has 1 aliphatic rings. The number of fused-ring (bicyclic) bond motifs is 1. The van der Waals surface area contributed by atoms with Gasteiger partial charge in [-0.2, -0.15) is 0 Å². The first kappa shape index (κ1) is 19.8. The van der Waals surface area contributed by atoms with Crippen LogP contribution in [0.25, 0.3) is 0 Å². The zero-order valence-corrected chi connectivity index (χ0v) is 15.6. The Kier molecular flexibility index (Phi) is 6.62. The van der Waals surface area contributed by atoms with E-state index in [1.165, 1.54) is 23.6 Å². The van der Waals surface area contributed by atoms with Gasteiger partial charge < -0.3 is 10.1 Å². The lowest BCUT2D eigenvalue weighted by Gasteiger charge is -2.28. The first-order valence-electron chi connectivity index (χ1n) is 8.11. The predicted molar refractivity (Wildman–Crippen MR) is 96.9 cm³/mol. The standard InChI is InChI=1S/C17H21N3O5S/c1-10(2)18-17(24)19-16(23)11(3)25-15(22)8-20-12-6-4-5-7-13(12)26-9-14(20)21/h4-7,10-11H,8-9H2,1-3H3,(H2,18,19,23,24)/t11-/m0/s1. The van der Waals surface area contributed by atoms with Crippen molar-refractivity contribution in [1.29, 1.82) is 0 Å². The van der Waals surface area contributed by atoms with E-state index in [0.29, 0.717) is 5.69 Å². The lowest BCUT2D eigenvalue weighted by Crippen LogP contribution is -2.47. The van der Waals surface area contributed by atoms with Gasteiger partial charge in [-0.15, -0.1) is 11.8 Å². The van der Waals surface area contributed by atoms with Gasteiger partial charge in [0.05, 0.1) is 11.4 Å². The molecule has 9 heteroatoms. The summed E-state index contributed by atoms with van der Waals surface area (Å²) < 4.78 is 5.05. The maximum absolute atomic E-state index is 12.1. The number of urea groups is 1. The molecular formula is C17H21N3O5S. The summed E-state index contributed by atoms with van der Waals surface area (Å²) in [4.78, 5) is 49.9. The van der Waals surface area contributed by atoms with Crippen LogP contribution >= 0.6 is 11.8 Å². The van der Waals surface area contributed by atoms with Crippen LogP contribution in [-0.4, -0.2) is 48.3 Å². The first-order chi connectivity index (χ1) is 12.3. The van der Waals surface area contributed by atoms with Gasteiger partial charge in [0.2, 0.25) is 5.91 Å². The van der Waals surface area contributed by atoms with Gasteiger partial charge in [0, 0.05) is 10.9 Å². The Balaban J connectivity index is 1.93. The number of anilines is 1. The third-order valence-electron chi connectivity index (χ3n) is 3.43. The number of hydrogen-bond donors (Lipinski definition) is 2. The summed E-state index contributed by atoms with van der Waals surface area (Å²) in [5, 5.41) is 4.59. The van der Waals surface area contributed by atoms with Crippen LogP contribution in [0.15, 0.2) is 29.2 Å². The van der Waals surface area contributed by atoms with Crippen molar-refractivity contribution in [2.45, 2.75) is 37.8 Å². The summed E-state index contributed by atoms with van der Waals surface area (Å²) in [5.74, 6) is -1.45. The van der Waals surface area contributed by atoms with Gasteiger partial charge in [0.1, 0.15) is 6.54 Å². The molecule has 1 aromatic carbocycles. The lowest BCUT2D eigenvalue weighted by molar-refractivity contribution is -0.153. The second-order valence-corrected chi connectivity index (χ2v) is 7.00. The van der Waals surface area contributed by atoms with Crippen molar-refractivity contribution in [2.24, 2.45) is 0 Å². The van der Waals surface area contributed by atoms with Crippen LogP contribution in [0.2, 0.25) is 0 Å². The van der Waals surface area contributed by atoms with Crippen molar-refractivity contribution >= 4 is 41.3 Å². The van der Waals surface area contributed by atoms with Gasteiger partial charge in [0.15, 0.2) is 6.10 Å². The molecule has 0 saturated carbocycles. The molecule has 0 bridgehead atoms. The third-order valence-corrected chi connectivity index (χ3v) is 4.48. The van der Waals surface area contributed by atoms with Gasteiger partial charge in [-0.25, -0.2) is 4.79 Å². The molecule has 1 atom stereocenters. The van der Waals surface area contributed by atoms with E-state index in [1.54, 1.807) is 26.0 Å². The minimum Gasteiger partial charge on any atom is -0.451 e. The van der Waals surface area contributed by atoms with Crippen LogP contribution in [0.3, 0.4) is 0 Å². The van der Waals surface area contributed by atoms with Crippen molar-refractivity contribution in [3.8, 4) is 0 Å². The number of carbonyl (C=O) groups is 4. The SMILES string of the molecule is CC(C)NC(=O)NC(=O)[C@H](C)OC(=O)CN1C(=O)CSc2ccccc21. The molecule has 1 aromatic rings. The van der Waals surface area contributed by atoms with E-state index in [0.717, 1.165) is 4.90 Å². The second kappa shape index (κ2) is 8.70. The largest absolute Gasteiger partial charge is 0.451 e. The van der Waals surface area contributed by atoms with E-state index in [9.17, 15) is 19.2 Å². The van der Waals surface area contributed by atoms with E-state index >= 15 is 0 Å². The maximum Gasteiger partial charge on any atom is 0.326 e. The molecule has 0 aromatic heterocycles. The number of esters is 1. The Morgan fingerprint density at radius 1 is 1.23 bits per heavy atom. The molecule has 2 rings (SSSR count). The molecule has 1 heterocycles. The smallest absolute Gasteiger partial charge is 0.326 e. The fourth-order valence-corrected chi connectivity index (χ4v) is 3.19. The summed E-state index contributed by atoms with van der Waals surface area (Å²) in [5.41, 5.74) is 0.638. The zero-order valence-electron chi connectivity index (χ0n) is 14.8. The van der Waals surface area contributed by atoms with Crippen molar-refractivity contribution in [3.63, 3.8) is 0 Å². The van der Waals surface area contributed by atoms with Crippen molar-refractivity contribution in [3.05, 3.63) is 24.3 Å². The molecule has 8 nitrogen and oxygen atoms in total. The number of nitrogens with one attached hydrogen (secondary N) is 2. The Labute approximate surface area is 155 Å². The number of amides is 4. The number of carbonyl (C=O) groups excluding carboxylic acids is 4. The van der Waals surface area contributed by atoms with E-state index < -0.39 is 24.0 Å². The normalized spacial score (nSPS) is 14.5. The highest BCUT2D eigenvalue weighted by molar-refractivity contribution is 8.00. The van der Waals surface area contributed by atoms with Crippen LogP contribution in [0.4, 0.5) is 10.5 Å². The number of hydrogen-bond acceptors (Lipinski definition) is 6. The minimum absolute atomic E-state index is 0.135. The van der Waals surface area contributed by atoms with E-state index in [2.05, 4.69) is 10.6 Å². The fourth-order valence-electron chi connectivity index (χ4n) is 2.26. The number of ether oxygens (including phenoxy) is 1. The molecule has 26 heavy (non-hydrogen) atoms. The topological polar surface area (TPSA) is 105 Å². The molecule has 0 fully saturated rings. The van der Waals surface area contributed by atoms with E-state index in [4.69, 9.17) is 4.74 Å². The molecule has 0 spiro atoms. The molecule has 0 unspecified atom stereocenters. The number of benzene rings is 1. The second-order valence-electron chi connectivity index (χ2n) is 5.99. The van der Waals surface area contributed by atoms with Gasteiger partial charge >= 0.3 is 12.0 Å². The Hall–Kier alpha value is -2.55. The summed E-state index contributed by atoms with van der Waals surface area (Å²) in [6, 6.07) is 6.45. The zero-order chi connectivity index (χ0) is 19.3. The fraction of sp³-hybridized carbons (Fsp3) is 0.412. The molecule has 1 aliphatic heterocycles. The van der Waals surface area contributed by atoms with Crippen molar-refractivity contribution in [2.75, 3.05) is 17.2 Å². The molecule has 2 N–H and O–H groups in total. The Morgan fingerprint density at radius 3 is 2.62 bits per heavy atom. The Bertz CT molecular complexity index is 722. The highest BCUT2D eigenvalue weighted by atomic mass is 32.2. The average Bonchev–Trinajstić information content (AvgIpc) is 2.56.